The molecular weight excluding hydrogens is 436 g/mol. The average molecular weight is 461 g/mol. The maximum absolute atomic E-state index is 13.1. The molecular formula is C23H25BrO5. The van der Waals surface area contributed by atoms with Gasteiger partial charge in [-0.25, -0.2) is 0 Å². The van der Waals surface area contributed by atoms with Crippen LogP contribution in [0.3, 0.4) is 0 Å². The van der Waals surface area contributed by atoms with Gasteiger partial charge in [0.15, 0.2) is 0 Å². The number of benzene rings is 2. The Morgan fingerprint density at radius 3 is 2.38 bits per heavy atom. The van der Waals surface area contributed by atoms with E-state index in [1.54, 1.807) is 0 Å². The van der Waals surface area contributed by atoms with Crippen LogP contribution in [0.15, 0.2) is 59.1 Å². The van der Waals surface area contributed by atoms with Crippen LogP contribution in [0.5, 0.6) is 0 Å². The number of halogens is 1. The highest BCUT2D eigenvalue weighted by atomic mass is 79.9. The molecule has 154 valence electrons. The number of esters is 1. The molecule has 29 heavy (non-hydrogen) atoms. The summed E-state index contributed by atoms with van der Waals surface area (Å²) in [6.07, 6.45) is 0.694. The zero-order valence-corrected chi connectivity index (χ0v) is 17.9. The van der Waals surface area contributed by atoms with Gasteiger partial charge in [-0.1, -0.05) is 58.4 Å². The lowest BCUT2D eigenvalue weighted by atomic mass is 9.68. The third-order valence-corrected chi connectivity index (χ3v) is 5.94. The van der Waals surface area contributed by atoms with Crippen LogP contribution in [0.4, 0.5) is 0 Å². The van der Waals surface area contributed by atoms with Crippen molar-refractivity contribution in [2.45, 2.75) is 38.4 Å². The van der Waals surface area contributed by atoms with Crippen molar-refractivity contribution in [3.8, 4) is 0 Å². The van der Waals surface area contributed by atoms with Crippen molar-refractivity contribution >= 4 is 27.9 Å². The Bertz CT molecular complexity index is 821. The first-order chi connectivity index (χ1) is 14.0. The summed E-state index contributed by atoms with van der Waals surface area (Å²) in [5.74, 6) is -3.34. The van der Waals surface area contributed by atoms with E-state index >= 15 is 0 Å². The molecule has 0 aromatic heterocycles. The Balaban J connectivity index is 1.87. The van der Waals surface area contributed by atoms with E-state index < -0.39 is 23.8 Å². The molecule has 0 amide bonds. The number of ether oxygens (including phenoxy) is 2. The summed E-state index contributed by atoms with van der Waals surface area (Å²) < 4.78 is 12.3. The van der Waals surface area contributed by atoms with Gasteiger partial charge in [0.2, 0.25) is 0 Å². The number of carboxylic acid groups (broad SMARTS) is 1. The summed E-state index contributed by atoms with van der Waals surface area (Å²) >= 11 is 3.43. The molecule has 1 aliphatic carbocycles. The van der Waals surface area contributed by atoms with Gasteiger partial charge in [0.25, 0.3) is 0 Å². The van der Waals surface area contributed by atoms with E-state index in [4.69, 9.17) is 9.47 Å². The SMILES string of the molecule is CCOC1CC(C(=O)O)C(C(=O)OCc2ccccc2)C(c2ccc(Br)cc2)C1. The van der Waals surface area contributed by atoms with Crippen molar-refractivity contribution in [2.75, 3.05) is 6.61 Å². The minimum Gasteiger partial charge on any atom is -0.481 e. The summed E-state index contributed by atoms with van der Waals surface area (Å²) in [7, 11) is 0. The quantitative estimate of drug-likeness (QED) is 0.601. The van der Waals surface area contributed by atoms with Gasteiger partial charge in [-0.3, -0.25) is 9.59 Å². The number of rotatable bonds is 7. The van der Waals surface area contributed by atoms with Crippen LogP contribution in [0.25, 0.3) is 0 Å². The van der Waals surface area contributed by atoms with Gasteiger partial charge < -0.3 is 14.6 Å². The normalized spacial score (nSPS) is 24.1. The van der Waals surface area contributed by atoms with Crippen molar-refractivity contribution in [3.63, 3.8) is 0 Å². The maximum atomic E-state index is 13.1. The number of carbonyl (C=O) groups excluding carboxylic acids is 1. The molecule has 1 saturated carbocycles. The average Bonchev–Trinajstić information content (AvgIpc) is 2.73. The lowest BCUT2D eigenvalue weighted by Gasteiger charge is -2.39. The molecule has 0 saturated heterocycles. The highest BCUT2D eigenvalue weighted by molar-refractivity contribution is 9.10. The molecule has 0 radical (unpaired) electrons. The highest BCUT2D eigenvalue weighted by Gasteiger charge is 2.47. The third kappa shape index (κ3) is 5.46. The lowest BCUT2D eigenvalue weighted by Crippen LogP contribution is -2.43. The molecule has 1 N–H and O–H groups in total. The third-order valence-electron chi connectivity index (χ3n) is 5.41. The van der Waals surface area contributed by atoms with E-state index in [0.717, 1.165) is 15.6 Å². The van der Waals surface area contributed by atoms with Crippen LogP contribution in [0.2, 0.25) is 0 Å². The summed E-state index contributed by atoms with van der Waals surface area (Å²) in [4.78, 5) is 25.1. The molecule has 4 unspecified atom stereocenters. The van der Waals surface area contributed by atoms with Crippen molar-refractivity contribution in [2.24, 2.45) is 11.8 Å². The Labute approximate surface area is 179 Å². The molecule has 5 nitrogen and oxygen atoms in total. The number of aliphatic carboxylic acids is 1. The van der Waals surface area contributed by atoms with E-state index in [1.807, 2.05) is 61.5 Å². The molecule has 0 aliphatic heterocycles. The van der Waals surface area contributed by atoms with E-state index in [-0.39, 0.29) is 18.6 Å². The molecule has 0 spiro atoms. The number of carbonyl (C=O) groups is 2. The van der Waals surface area contributed by atoms with Crippen LogP contribution >= 0.6 is 15.9 Å². The van der Waals surface area contributed by atoms with Gasteiger partial charge in [-0.05, 0) is 43.0 Å². The zero-order valence-electron chi connectivity index (χ0n) is 16.3. The first kappa shape index (κ1) is 21.5. The lowest BCUT2D eigenvalue weighted by molar-refractivity contribution is -0.165. The van der Waals surface area contributed by atoms with Crippen molar-refractivity contribution in [3.05, 3.63) is 70.2 Å². The number of carboxylic acids is 1. The summed E-state index contributed by atoms with van der Waals surface area (Å²) in [6, 6.07) is 17.1. The fourth-order valence-corrected chi connectivity index (χ4v) is 4.33. The summed E-state index contributed by atoms with van der Waals surface area (Å²) in [5.41, 5.74) is 1.79. The molecule has 3 rings (SSSR count). The zero-order chi connectivity index (χ0) is 20.8. The maximum Gasteiger partial charge on any atom is 0.310 e. The van der Waals surface area contributed by atoms with E-state index in [9.17, 15) is 14.7 Å². The van der Waals surface area contributed by atoms with Crippen LogP contribution in [0.1, 0.15) is 36.8 Å². The Morgan fingerprint density at radius 2 is 1.76 bits per heavy atom. The fraction of sp³-hybridized carbons (Fsp3) is 0.391. The monoisotopic (exact) mass is 460 g/mol. The second-order valence-corrected chi connectivity index (χ2v) is 8.19. The van der Waals surface area contributed by atoms with Crippen LogP contribution in [-0.4, -0.2) is 29.8 Å². The molecule has 1 fully saturated rings. The standard InChI is InChI=1S/C23H25BrO5/c1-2-28-18-12-19(16-8-10-17(24)11-9-16)21(20(13-18)22(25)26)23(27)29-14-15-6-4-3-5-7-15/h3-11,18-21H,2,12-14H2,1H3,(H,25,26). The van der Waals surface area contributed by atoms with Gasteiger partial charge in [0, 0.05) is 17.0 Å². The largest absolute Gasteiger partial charge is 0.481 e. The second kappa shape index (κ2) is 10.0. The van der Waals surface area contributed by atoms with Gasteiger partial charge in [0.1, 0.15) is 6.61 Å². The molecule has 1 aliphatic rings. The summed E-state index contributed by atoms with van der Waals surface area (Å²) in [5, 5.41) is 9.87. The molecule has 4 atom stereocenters. The van der Waals surface area contributed by atoms with Crippen molar-refractivity contribution < 1.29 is 24.2 Å². The molecule has 6 heteroatoms. The van der Waals surface area contributed by atoms with Crippen molar-refractivity contribution in [1.82, 2.24) is 0 Å². The van der Waals surface area contributed by atoms with Crippen LogP contribution in [-0.2, 0) is 25.7 Å². The molecule has 0 heterocycles. The van der Waals surface area contributed by atoms with Gasteiger partial charge in [-0.2, -0.15) is 0 Å². The first-order valence-electron chi connectivity index (χ1n) is 9.80. The molecule has 2 aromatic carbocycles. The van der Waals surface area contributed by atoms with E-state index in [2.05, 4.69) is 15.9 Å². The smallest absolute Gasteiger partial charge is 0.310 e. The second-order valence-electron chi connectivity index (χ2n) is 7.27. The van der Waals surface area contributed by atoms with Crippen molar-refractivity contribution in [1.29, 1.82) is 0 Å². The van der Waals surface area contributed by atoms with Gasteiger partial charge in [-0.15, -0.1) is 0 Å². The first-order valence-corrected chi connectivity index (χ1v) is 10.6. The Kier molecular flexibility index (Phi) is 7.45. The van der Waals surface area contributed by atoms with Crippen LogP contribution < -0.4 is 0 Å². The molecule has 2 aromatic rings. The van der Waals surface area contributed by atoms with Gasteiger partial charge >= 0.3 is 11.9 Å². The number of hydrogen-bond acceptors (Lipinski definition) is 4. The highest BCUT2D eigenvalue weighted by Crippen LogP contribution is 2.43. The van der Waals surface area contributed by atoms with E-state index in [0.29, 0.717) is 19.4 Å². The molecule has 0 bridgehead atoms. The van der Waals surface area contributed by atoms with Gasteiger partial charge in [0.05, 0.1) is 17.9 Å². The topological polar surface area (TPSA) is 72.8 Å². The predicted molar refractivity (Wildman–Crippen MR) is 112 cm³/mol. The van der Waals surface area contributed by atoms with Crippen LogP contribution in [0, 0.1) is 11.8 Å². The van der Waals surface area contributed by atoms with E-state index in [1.165, 1.54) is 0 Å². The predicted octanol–water partition coefficient (Wildman–Crippen LogP) is 4.79. The number of hydrogen-bond donors (Lipinski definition) is 1. The summed E-state index contributed by atoms with van der Waals surface area (Å²) in [6.45, 7) is 2.53. The Hall–Kier alpha value is -2.18. The Morgan fingerprint density at radius 1 is 1.07 bits per heavy atom. The minimum absolute atomic E-state index is 0.129. The minimum atomic E-state index is -0.988. The fourth-order valence-electron chi connectivity index (χ4n) is 4.07.